The summed E-state index contributed by atoms with van der Waals surface area (Å²) in [5.41, 5.74) is 11.3. The van der Waals surface area contributed by atoms with Crippen LogP contribution in [0.1, 0.15) is 82.8 Å². The molecule has 15 nitrogen and oxygen atoms in total. The summed E-state index contributed by atoms with van der Waals surface area (Å²) in [6.45, 7) is 4.89. The number of benzene rings is 2. The van der Waals surface area contributed by atoms with Crippen LogP contribution < -0.4 is 22.3 Å². The van der Waals surface area contributed by atoms with Gasteiger partial charge in [-0.2, -0.15) is 0 Å². The SMILES string of the molecule is CCC(C)[C@H](NC(=O)[C@H](N)Cc1c[nH]c2ccccc12)C(=O)N1CCCC[C@@H]1C(=O)N1CCCC[C@H]1C(=O)N(C)[C@H](Cc1ccccc1)C(=O)N1CCC[C@H]1C(=O)NN. The van der Waals surface area contributed by atoms with E-state index in [2.05, 4.69) is 15.7 Å². The summed E-state index contributed by atoms with van der Waals surface area (Å²) in [6, 6.07) is 12.0. The number of para-hydroxylation sites is 1. The first-order valence-corrected chi connectivity index (χ1v) is 21.3. The quantitative estimate of drug-likeness (QED) is 0.0926. The fraction of sp³-hybridized carbons (Fsp3) is 0.545. The number of aromatic nitrogens is 1. The van der Waals surface area contributed by atoms with Crippen LogP contribution in [0.4, 0.5) is 0 Å². The number of nitrogens with zero attached hydrogens (tertiary/aromatic N) is 4. The predicted octanol–water partition coefficient (Wildman–Crippen LogP) is 2.38. The van der Waals surface area contributed by atoms with Crippen LogP contribution in [-0.4, -0.2) is 123 Å². The van der Waals surface area contributed by atoms with E-state index in [4.69, 9.17) is 11.6 Å². The highest BCUT2D eigenvalue weighted by Gasteiger charge is 2.45. The summed E-state index contributed by atoms with van der Waals surface area (Å²) in [5, 5.41) is 3.95. The zero-order valence-electron chi connectivity index (χ0n) is 34.6. The van der Waals surface area contributed by atoms with Gasteiger partial charge in [0.1, 0.15) is 30.2 Å². The summed E-state index contributed by atoms with van der Waals surface area (Å²) in [5.74, 6) is 2.97. The van der Waals surface area contributed by atoms with Crippen molar-refractivity contribution in [3.05, 3.63) is 71.9 Å². The highest BCUT2D eigenvalue weighted by atomic mass is 16.2. The minimum Gasteiger partial charge on any atom is -0.361 e. The third-order valence-corrected chi connectivity index (χ3v) is 12.7. The molecule has 0 spiro atoms. The van der Waals surface area contributed by atoms with Crippen molar-refractivity contribution < 1.29 is 28.8 Å². The van der Waals surface area contributed by atoms with E-state index in [1.807, 2.05) is 74.6 Å². The summed E-state index contributed by atoms with van der Waals surface area (Å²) in [4.78, 5) is 94.0. The van der Waals surface area contributed by atoms with E-state index in [1.165, 1.54) is 9.80 Å². The molecule has 7 atom stereocenters. The molecule has 0 radical (unpaired) electrons. The number of aromatic amines is 1. The van der Waals surface area contributed by atoms with Crippen LogP contribution in [0, 0.1) is 5.92 Å². The van der Waals surface area contributed by atoms with Crippen molar-refractivity contribution in [2.45, 2.75) is 121 Å². The van der Waals surface area contributed by atoms with Crippen molar-refractivity contribution in [1.82, 2.24) is 35.3 Å². The molecule has 3 aliphatic rings. The lowest BCUT2D eigenvalue weighted by atomic mass is 9.92. The Labute approximate surface area is 346 Å². The lowest BCUT2D eigenvalue weighted by Crippen LogP contribution is -2.63. The number of rotatable bonds is 14. The number of carbonyl (C=O) groups is 6. The molecule has 3 saturated heterocycles. The van der Waals surface area contributed by atoms with Crippen molar-refractivity contribution >= 4 is 46.3 Å². The largest absolute Gasteiger partial charge is 0.361 e. The van der Waals surface area contributed by atoms with Gasteiger partial charge in [-0.3, -0.25) is 34.2 Å². The summed E-state index contributed by atoms with van der Waals surface area (Å²) in [7, 11) is 1.60. The van der Waals surface area contributed by atoms with Crippen molar-refractivity contribution in [2.75, 3.05) is 26.7 Å². The van der Waals surface area contributed by atoms with Crippen LogP contribution in [-0.2, 0) is 41.6 Å². The minimum atomic E-state index is -0.940. The smallest absolute Gasteiger partial charge is 0.256 e. The van der Waals surface area contributed by atoms with Gasteiger partial charge in [-0.15, -0.1) is 0 Å². The van der Waals surface area contributed by atoms with Crippen molar-refractivity contribution in [1.29, 1.82) is 0 Å². The fourth-order valence-electron chi connectivity index (χ4n) is 9.05. The Hall–Kier alpha value is -5.28. The first-order chi connectivity index (χ1) is 28.4. The number of nitrogens with two attached hydrogens (primary N) is 2. The highest BCUT2D eigenvalue weighted by Crippen LogP contribution is 2.29. The predicted molar refractivity (Wildman–Crippen MR) is 224 cm³/mol. The fourth-order valence-corrected chi connectivity index (χ4v) is 9.05. The summed E-state index contributed by atoms with van der Waals surface area (Å²) in [6.07, 6.45) is 7.70. The standard InChI is InChI=1S/C44H61N9O6/c1-4-28(2)38(48-39(54)32(45)26-30-27-47-33-18-9-8-17-31(30)33)44(59)53-23-13-11-20-36(53)42(57)52-22-12-10-19-35(52)41(56)50(3)37(25-29-15-6-5-7-16-29)43(58)51-24-14-21-34(51)40(55)49-46/h5-9,15-18,27-28,32,34-38,47H,4,10-14,19-26,45-46H2,1-3H3,(H,48,54)(H,49,55)/t28?,32-,34+,35+,36-,37-,38+/m1/s1. The Balaban J connectivity index is 1.20. The number of H-pyrrole nitrogens is 1. The molecule has 3 aliphatic heterocycles. The monoisotopic (exact) mass is 811 g/mol. The van der Waals surface area contributed by atoms with Crippen molar-refractivity contribution in [3.63, 3.8) is 0 Å². The van der Waals surface area contributed by atoms with Crippen LogP contribution in [0.2, 0.25) is 0 Å². The van der Waals surface area contributed by atoms with Gasteiger partial charge in [0.2, 0.25) is 29.5 Å². The Morgan fingerprint density at radius 3 is 2.14 bits per heavy atom. The molecule has 15 heteroatoms. The van der Waals surface area contributed by atoms with Gasteiger partial charge in [-0.05, 0) is 80.9 Å². The van der Waals surface area contributed by atoms with Crippen LogP contribution in [0.3, 0.4) is 0 Å². The van der Waals surface area contributed by atoms with Gasteiger partial charge in [0.05, 0.1) is 6.04 Å². The molecule has 4 heterocycles. The Morgan fingerprint density at radius 2 is 1.42 bits per heavy atom. The maximum Gasteiger partial charge on any atom is 0.256 e. The van der Waals surface area contributed by atoms with E-state index in [0.29, 0.717) is 71.0 Å². The van der Waals surface area contributed by atoms with Gasteiger partial charge in [0, 0.05) is 50.2 Å². The van der Waals surface area contributed by atoms with Gasteiger partial charge in [-0.25, -0.2) is 5.84 Å². The molecule has 0 bridgehead atoms. The molecule has 1 unspecified atom stereocenters. The third-order valence-electron chi connectivity index (χ3n) is 12.7. The maximum absolute atomic E-state index is 14.8. The number of likely N-dealkylation sites (tertiary alicyclic amines) is 3. The average Bonchev–Trinajstić information content (AvgIpc) is 3.94. The summed E-state index contributed by atoms with van der Waals surface area (Å²) < 4.78 is 0. The van der Waals surface area contributed by atoms with E-state index in [1.54, 1.807) is 16.8 Å². The number of amides is 6. The van der Waals surface area contributed by atoms with Crippen LogP contribution in [0.25, 0.3) is 10.9 Å². The Morgan fingerprint density at radius 1 is 0.797 bits per heavy atom. The van der Waals surface area contributed by atoms with Gasteiger partial charge < -0.3 is 35.6 Å². The minimum absolute atomic E-state index is 0.217. The number of hydrogen-bond acceptors (Lipinski definition) is 8. The van der Waals surface area contributed by atoms with Crippen molar-refractivity contribution in [3.8, 4) is 0 Å². The van der Waals surface area contributed by atoms with E-state index in [9.17, 15) is 28.8 Å². The van der Waals surface area contributed by atoms with Gasteiger partial charge >= 0.3 is 0 Å². The second kappa shape index (κ2) is 19.6. The first kappa shape index (κ1) is 43.3. The molecule has 3 fully saturated rings. The average molecular weight is 812 g/mol. The lowest BCUT2D eigenvalue weighted by Gasteiger charge is -2.44. The van der Waals surface area contributed by atoms with Gasteiger partial charge in [0.15, 0.2) is 0 Å². The zero-order chi connectivity index (χ0) is 42.2. The Kier molecular flexibility index (Phi) is 14.4. The molecular weight excluding hydrogens is 751 g/mol. The molecule has 6 rings (SSSR count). The number of hydrogen-bond donors (Lipinski definition) is 5. The summed E-state index contributed by atoms with van der Waals surface area (Å²) >= 11 is 0. The van der Waals surface area contributed by atoms with Gasteiger partial charge in [-0.1, -0.05) is 68.8 Å². The molecule has 59 heavy (non-hydrogen) atoms. The third kappa shape index (κ3) is 9.62. The number of nitrogens with one attached hydrogen (secondary N) is 3. The van der Waals surface area contributed by atoms with Crippen LogP contribution in [0.5, 0.6) is 0 Å². The second-order valence-electron chi connectivity index (χ2n) is 16.5. The molecular formula is C44H61N9O6. The number of hydrazine groups is 1. The second-order valence-corrected chi connectivity index (χ2v) is 16.5. The zero-order valence-corrected chi connectivity index (χ0v) is 34.6. The maximum atomic E-state index is 14.8. The first-order valence-electron chi connectivity index (χ1n) is 21.3. The van der Waals surface area contributed by atoms with E-state index in [0.717, 1.165) is 28.5 Å². The molecule has 2 aromatic carbocycles. The number of likely N-dealkylation sites (N-methyl/N-ethyl adjacent to an activating group) is 1. The van der Waals surface area contributed by atoms with E-state index in [-0.39, 0.29) is 42.4 Å². The molecule has 6 amide bonds. The molecule has 0 saturated carbocycles. The Bertz CT molecular complexity index is 1970. The normalized spacial score (nSPS) is 21.6. The molecule has 1 aromatic heterocycles. The number of carbonyl (C=O) groups excluding carboxylic acids is 6. The van der Waals surface area contributed by atoms with Crippen LogP contribution >= 0.6 is 0 Å². The van der Waals surface area contributed by atoms with Crippen LogP contribution in [0.15, 0.2) is 60.8 Å². The van der Waals surface area contributed by atoms with Gasteiger partial charge in [0.25, 0.3) is 5.91 Å². The molecule has 0 aliphatic carbocycles. The molecule has 318 valence electrons. The van der Waals surface area contributed by atoms with E-state index < -0.39 is 48.1 Å². The topological polar surface area (TPSA) is 207 Å². The lowest BCUT2D eigenvalue weighted by molar-refractivity contribution is -0.158. The highest BCUT2D eigenvalue weighted by molar-refractivity contribution is 5.97. The number of piperidine rings is 2. The molecule has 7 N–H and O–H groups in total. The van der Waals surface area contributed by atoms with E-state index >= 15 is 0 Å². The molecule has 3 aromatic rings. The number of fused-ring (bicyclic) bond motifs is 1. The van der Waals surface area contributed by atoms with Crippen molar-refractivity contribution in [2.24, 2.45) is 17.5 Å².